The number of hydrogen-bond acceptors (Lipinski definition) is 29. The largest absolute Gasteiger partial charge is 0.479 e. The SMILES string of the molecule is NOCCOCCOCCNC(=O)[C@H](CCCCNC(=O)COCCOCCNC(=O)c1cc(COC(N)=O)ccc1O[C@@H]1O[C@H](C(=O)O)[C@@H](O)[C@H](O)[C@H]1O)NC(=O)COCCOCCNC(=O)c1cc(COC(N)=O)ccc1O[C@@H]1O[C@H](C(=O)O)[C@@H](O)[C@H](O)[C@H]1O. The number of amides is 7. The van der Waals surface area contributed by atoms with Crippen LogP contribution in [-0.4, -0.2) is 274 Å². The summed E-state index contributed by atoms with van der Waals surface area (Å²) in [7, 11) is 0. The molecule has 2 aliphatic rings. The fraction of sp³-hybridized carbons (Fsp3) is 0.611. The van der Waals surface area contributed by atoms with Gasteiger partial charge in [-0.3, -0.25) is 24.0 Å². The van der Waals surface area contributed by atoms with Crippen LogP contribution in [0.25, 0.3) is 0 Å². The number of carbonyl (C=O) groups is 9. The second-order valence-corrected chi connectivity index (χ2v) is 19.8. The fourth-order valence-electron chi connectivity index (χ4n) is 8.24. The molecule has 19 N–H and O–H groups in total. The minimum Gasteiger partial charge on any atom is -0.479 e. The van der Waals surface area contributed by atoms with Crippen molar-refractivity contribution >= 4 is 53.7 Å². The van der Waals surface area contributed by atoms with Crippen molar-refractivity contribution in [2.75, 3.05) is 112 Å². The molecule has 2 aromatic carbocycles. The first kappa shape index (κ1) is 76.7. The standard InChI is InChI=1S/C54H80N8O30/c55-53(78)86-25-29-4-6-34(89-51-42(69)38(65)40(67)44(91-51)49(74)75)31(23-29)46(71)59-9-12-81-17-19-84-27-36(63)58-8-2-1-3-33(48(73)61-11-14-80-15-16-83-21-22-88-57)62-37(64)28-85-20-18-82-13-10-60-47(72)32-24-30(26-87-54(56)79)5-7-35(32)90-52-43(70)39(66)41(68)45(92-52)50(76)77/h4-7,23-24,33,38-45,51-52,65-70H,1-3,8-22,25-28,57H2,(H2,55,78)(H2,56,79)(H,58,63)(H,59,71)(H,60,72)(H,61,73)(H,62,64)(H,74,75)(H,76,77)/t33-,38-,39-,40-,41-,42+,43+,44-,45-,51+,52+/m0/s1. The topological polar surface area (TPSA) is 574 Å². The Morgan fingerprint density at radius 2 is 0.891 bits per heavy atom. The third-order valence-corrected chi connectivity index (χ3v) is 12.9. The van der Waals surface area contributed by atoms with E-state index in [1.807, 2.05) is 0 Å². The summed E-state index contributed by atoms with van der Waals surface area (Å²) in [6.45, 7) is -0.662. The van der Waals surface area contributed by atoms with E-state index in [0.717, 1.165) is 0 Å². The van der Waals surface area contributed by atoms with Gasteiger partial charge in [-0.05, 0) is 54.7 Å². The summed E-state index contributed by atoms with van der Waals surface area (Å²) in [5.74, 6) is -2.04. The molecule has 516 valence electrons. The van der Waals surface area contributed by atoms with Crippen molar-refractivity contribution < 1.29 is 146 Å². The lowest BCUT2D eigenvalue weighted by Crippen LogP contribution is -2.61. The molecule has 38 nitrogen and oxygen atoms in total. The third-order valence-electron chi connectivity index (χ3n) is 12.9. The van der Waals surface area contributed by atoms with Crippen LogP contribution in [0.4, 0.5) is 9.59 Å². The summed E-state index contributed by atoms with van der Waals surface area (Å²) >= 11 is 0. The maximum atomic E-state index is 13.3. The number of carboxylic acid groups (broad SMARTS) is 2. The van der Waals surface area contributed by atoms with Crippen molar-refractivity contribution in [3.63, 3.8) is 0 Å². The van der Waals surface area contributed by atoms with Crippen molar-refractivity contribution in [3.05, 3.63) is 58.7 Å². The number of primary amides is 2. The molecule has 7 amide bonds. The van der Waals surface area contributed by atoms with E-state index in [4.69, 9.17) is 74.2 Å². The zero-order valence-electron chi connectivity index (χ0n) is 49.7. The zero-order chi connectivity index (χ0) is 67.5. The summed E-state index contributed by atoms with van der Waals surface area (Å²) in [5, 5.41) is 93.4. The van der Waals surface area contributed by atoms with Gasteiger partial charge in [-0.15, -0.1) is 0 Å². The van der Waals surface area contributed by atoms with E-state index in [0.29, 0.717) is 12.8 Å². The highest BCUT2D eigenvalue weighted by atomic mass is 16.7. The Kier molecular flexibility index (Phi) is 34.7. The molecule has 0 bridgehead atoms. The number of aliphatic carboxylic acids is 2. The number of hydrogen-bond donors (Lipinski definition) is 16. The van der Waals surface area contributed by atoms with Crippen LogP contribution in [0, 0.1) is 0 Å². The summed E-state index contributed by atoms with van der Waals surface area (Å²) in [6, 6.07) is 6.68. The van der Waals surface area contributed by atoms with E-state index in [1.165, 1.54) is 36.4 Å². The molecule has 0 aromatic heterocycles. The molecule has 92 heavy (non-hydrogen) atoms. The first-order valence-corrected chi connectivity index (χ1v) is 28.5. The van der Waals surface area contributed by atoms with Crippen LogP contribution < -0.4 is 53.4 Å². The Morgan fingerprint density at radius 1 is 0.478 bits per heavy atom. The average Bonchev–Trinajstić information content (AvgIpc) is 0.838. The molecule has 2 aliphatic heterocycles. The maximum Gasteiger partial charge on any atom is 0.404 e. The monoisotopic (exact) mass is 1320 g/mol. The summed E-state index contributed by atoms with van der Waals surface area (Å²) in [4.78, 5) is 115. The lowest BCUT2D eigenvalue weighted by Gasteiger charge is -2.38. The van der Waals surface area contributed by atoms with E-state index in [1.54, 1.807) is 0 Å². The van der Waals surface area contributed by atoms with E-state index < -0.39 is 128 Å². The number of carboxylic acids is 2. The van der Waals surface area contributed by atoms with Crippen LogP contribution in [0.15, 0.2) is 36.4 Å². The summed E-state index contributed by atoms with van der Waals surface area (Å²) in [6.07, 6.45) is -20.8. The van der Waals surface area contributed by atoms with E-state index in [2.05, 4.69) is 31.4 Å². The van der Waals surface area contributed by atoms with Crippen LogP contribution in [0.2, 0.25) is 0 Å². The molecule has 0 radical (unpaired) electrons. The van der Waals surface area contributed by atoms with Gasteiger partial charge in [0, 0.05) is 26.2 Å². The van der Waals surface area contributed by atoms with Gasteiger partial charge in [-0.2, -0.15) is 0 Å². The Balaban J connectivity index is 1.16. The molecule has 11 atom stereocenters. The molecule has 0 aliphatic carbocycles. The molecule has 2 aromatic rings. The van der Waals surface area contributed by atoms with Crippen LogP contribution in [0.3, 0.4) is 0 Å². The molecule has 2 saturated heterocycles. The van der Waals surface area contributed by atoms with Gasteiger partial charge in [0.2, 0.25) is 30.3 Å². The molecule has 38 heteroatoms. The van der Waals surface area contributed by atoms with Crippen LogP contribution in [-0.2, 0) is 89.4 Å². The molecule has 4 rings (SSSR count). The van der Waals surface area contributed by atoms with Crippen molar-refractivity contribution in [2.45, 2.75) is 99.9 Å². The molecular weight excluding hydrogens is 1240 g/mol. The van der Waals surface area contributed by atoms with Gasteiger partial charge < -0.3 is 141 Å². The van der Waals surface area contributed by atoms with E-state index in [9.17, 15) is 84.0 Å². The number of nitrogens with one attached hydrogen (secondary N) is 5. The van der Waals surface area contributed by atoms with Gasteiger partial charge in [-0.1, -0.05) is 12.1 Å². The molecular formula is C54H80N8O30. The summed E-state index contributed by atoms with van der Waals surface area (Å²) < 4.78 is 63.6. The molecule has 2 fully saturated rings. The second-order valence-electron chi connectivity index (χ2n) is 19.8. The van der Waals surface area contributed by atoms with E-state index in [-0.39, 0.29) is 159 Å². The first-order chi connectivity index (χ1) is 44.0. The number of aliphatic hydroxyl groups excluding tert-OH is 6. The Hall–Kier alpha value is -7.77. The molecule has 0 saturated carbocycles. The van der Waals surface area contributed by atoms with Crippen LogP contribution in [0.1, 0.15) is 51.1 Å². The zero-order valence-corrected chi connectivity index (χ0v) is 49.7. The maximum absolute atomic E-state index is 13.3. The highest BCUT2D eigenvalue weighted by Gasteiger charge is 2.49. The van der Waals surface area contributed by atoms with Gasteiger partial charge in [0.05, 0.1) is 83.8 Å². The number of aliphatic hydroxyl groups is 6. The predicted octanol–water partition coefficient (Wildman–Crippen LogP) is -6.54. The third kappa shape index (κ3) is 27.2. The predicted molar refractivity (Wildman–Crippen MR) is 303 cm³/mol. The average molecular weight is 1320 g/mol. The lowest BCUT2D eigenvalue weighted by atomic mass is 9.99. The minimum absolute atomic E-state index is 0.00138. The minimum atomic E-state index is -2.00. The number of ether oxygens (including phenoxy) is 12. The van der Waals surface area contributed by atoms with Crippen LogP contribution >= 0.6 is 0 Å². The van der Waals surface area contributed by atoms with Gasteiger partial charge >= 0.3 is 24.1 Å². The molecule has 0 spiro atoms. The number of nitrogens with two attached hydrogens (primary N) is 3. The van der Waals surface area contributed by atoms with Crippen molar-refractivity contribution in [1.29, 1.82) is 0 Å². The van der Waals surface area contributed by atoms with Gasteiger partial charge in [0.25, 0.3) is 11.8 Å². The number of benzene rings is 2. The number of unbranched alkanes of at least 4 members (excludes halogenated alkanes) is 1. The number of rotatable bonds is 44. The van der Waals surface area contributed by atoms with E-state index >= 15 is 0 Å². The molecule has 0 unspecified atom stereocenters. The van der Waals surface area contributed by atoms with Gasteiger partial charge in [0.15, 0.2) is 12.2 Å². The van der Waals surface area contributed by atoms with Gasteiger partial charge in [-0.25, -0.2) is 25.1 Å². The summed E-state index contributed by atoms with van der Waals surface area (Å²) in [5.41, 5.74) is 10.2. The highest BCUT2D eigenvalue weighted by Crippen LogP contribution is 2.30. The Bertz CT molecular complexity index is 2680. The van der Waals surface area contributed by atoms with Crippen molar-refractivity contribution in [3.8, 4) is 11.5 Å². The smallest absolute Gasteiger partial charge is 0.404 e. The number of carbonyl (C=O) groups excluding carboxylic acids is 7. The van der Waals surface area contributed by atoms with Gasteiger partial charge in [0.1, 0.15) is 80.6 Å². The lowest BCUT2D eigenvalue weighted by molar-refractivity contribution is -0.271. The quantitative estimate of drug-likeness (QED) is 0.0217. The normalized spacial score (nSPS) is 21.4. The van der Waals surface area contributed by atoms with Crippen LogP contribution in [0.5, 0.6) is 11.5 Å². The Labute approximate surface area is 524 Å². The van der Waals surface area contributed by atoms with Crippen molar-refractivity contribution in [1.82, 2.24) is 26.6 Å². The highest BCUT2D eigenvalue weighted by molar-refractivity contribution is 5.98. The first-order valence-electron chi connectivity index (χ1n) is 28.5. The Morgan fingerprint density at radius 3 is 1.33 bits per heavy atom. The van der Waals surface area contributed by atoms with Crippen molar-refractivity contribution in [2.24, 2.45) is 17.4 Å². The molecule has 2 heterocycles. The fourth-order valence-corrected chi connectivity index (χ4v) is 8.24. The second kappa shape index (κ2) is 41.7.